The van der Waals surface area contributed by atoms with Crippen LogP contribution in [0, 0.1) is 0 Å². The Balaban J connectivity index is 2.23. The molecule has 1 aliphatic carbocycles. The van der Waals surface area contributed by atoms with Gasteiger partial charge in [-0.15, -0.1) is 0 Å². The maximum atomic E-state index is 8.52. The molecule has 2 atom stereocenters. The second kappa shape index (κ2) is 6.75. The number of allylic oxidation sites excluding steroid dienone is 2. The molecule has 0 aliphatic heterocycles. The van der Waals surface area contributed by atoms with E-state index in [9.17, 15) is 0 Å². The molecular weight excluding hydrogens is 316 g/mol. The molecular formula is C24H22N2. The zero-order valence-corrected chi connectivity index (χ0v) is 13.8. The van der Waals surface area contributed by atoms with Gasteiger partial charge in [0, 0.05) is 6.04 Å². The standard InChI is InChI=1S/C24H22N2/c25-22-16-7-8-17-24(22,26)23-20(18-10-3-1-4-11-18)14-9-15-21(23)19-12-5-2-6-13-19/h1-17,22H,25-26H2/i1D,2D,3D,4D,5D,6D,10D,11D,12D,13D. The number of rotatable bonds is 3. The molecule has 0 spiro atoms. The zero-order valence-electron chi connectivity index (χ0n) is 23.8. The largest absolute Gasteiger partial charge is 0.322 e. The van der Waals surface area contributed by atoms with Crippen LogP contribution in [0.15, 0.2) is 103 Å². The van der Waals surface area contributed by atoms with Crippen molar-refractivity contribution in [1.82, 2.24) is 0 Å². The summed E-state index contributed by atoms with van der Waals surface area (Å²) in [7, 11) is 0. The van der Waals surface area contributed by atoms with Gasteiger partial charge >= 0.3 is 0 Å². The number of hydrogen-bond donors (Lipinski definition) is 2. The molecule has 0 amide bonds. The van der Waals surface area contributed by atoms with Crippen LogP contribution in [0.3, 0.4) is 0 Å². The first-order chi connectivity index (χ1) is 16.8. The quantitative estimate of drug-likeness (QED) is 0.725. The van der Waals surface area contributed by atoms with Crippen molar-refractivity contribution in [3.63, 3.8) is 0 Å². The second-order valence-electron chi connectivity index (χ2n) is 5.93. The van der Waals surface area contributed by atoms with Gasteiger partial charge in [0.1, 0.15) is 0 Å². The second-order valence-corrected chi connectivity index (χ2v) is 5.93. The molecule has 2 nitrogen and oxygen atoms in total. The van der Waals surface area contributed by atoms with Gasteiger partial charge < -0.3 is 11.5 Å². The van der Waals surface area contributed by atoms with Crippen molar-refractivity contribution in [3.8, 4) is 22.3 Å². The highest BCUT2D eigenvalue weighted by molar-refractivity contribution is 5.81. The minimum absolute atomic E-state index is 0.134. The van der Waals surface area contributed by atoms with Crippen molar-refractivity contribution in [2.45, 2.75) is 11.6 Å². The van der Waals surface area contributed by atoms with Crippen LogP contribution < -0.4 is 11.5 Å². The molecule has 128 valence electrons. The van der Waals surface area contributed by atoms with Crippen LogP contribution in [0.25, 0.3) is 22.3 Å². The Labute approximate surface area is 168 Å². The van der Waals surface area contributed by atoms with Crippen LogP contribution in [-0.2, 0) is 5.54 Å². The van der Waals surface area contributed by atoms with Crippen LogP contribution in [-0.4, -0.2) is 6.04 Å². The van der Waals surface area contributed by atoms with Crippen LogP contribution in [0.1, 0.15) is 19.3 Å². The molecule has 0 fully saturated rings. The van der Waals surface area contributed by atoms with E-state index in [1.165, 1.54) is 18.2 Å². The first-order valence-electron chi connectivity index (χ1n) is 13.0. The van der Waals surface area contributed by atoms with E-state index in [1.807, 2.05) is 0 Å². The highest BCUT2D eigenvalue weighted by Crippen LogP contribution is 2.41. The van der Waals surface area contributed by atoms with Crippen LogP contribution in [0.4, 0.5) is 0 Å². The van der Waals surface area contributed by atoms with Crippen molar-refractivity contribution in [1.29, 1.82) is 0 Å². The maximum Gasteiger partial charge on any atom is 0.0800 e. The molecule has 0 heterocycles. The SMILES string of the molecule is [2H]c1c([2H])c([2H])c(-c2cccc(-c3c([2H])c([2H])c([2H])c([2H])c3[2H])c2C2(N)C=CC=CC2N)c([2H])c1[2H]. The molecule has 0 radical (unpaired) electrons. The zero-order chi connectivity index (χ0) is 26.7. The van der Waals surface area contributed by atoms with Gasteiger partial charge in [-0.2, -0.15) is 0 Å². The Morgan fingerprint density at radius 2 is 1.35 bits per heavy atom. The first-order valence-corrected chi connectivity index (χ1v) is 8.03. The molecule has 2 heteroatoms. The molecule has 2 unspecified atom stereocenters. The average molecular weight is 349 g/mol. The summed E-state index contributed by atoms with van der Waals surface area (Å²) in [5.74, 6) is 0. The van der Waals surface area contributed by atoms with Crippen molar-refractivity contribution < 1.29 is 13.7 Å². The molecule has 26 heavy (non-hydrogen) atoms. The summed E-state index contributed by atoms with van der Waals surface area (Å²) < 4.78 is 82.5. The lowest BCUT2D eigenvalue weighted by Gasteiger charge is -2.36. The fourth-order valence-corrected chi connectivity index (χ4v) is 3.12. The summed E-state index contributed by atoms with van der Waals surface area (Å²) in [5, 5.41) is 0. The fraction of sp³-hybridized carbons (Fsp3) is 0.0833. The van der Waals surface area contributed by atoms with E-state index in [0.717, 1.165) is 0 Å². The van der Waals surface area contributed by atoms with Gasteiger partial charge in [0.05, 0.1) is 19.2 Å². The number of benzene rings is 3. The molecule has 4 rings (SSSR count). The fourth-order valence-electron chi connectivity index (χ4n) is 3.12. The van der Waals surface area contributed by atoms with Crippen LogP contribution >= 0.6 is 0 Å². The van der Waals surface area contributed by atoms with Gasteiger partial charge in [0.2, 0.25) is 0 Å². The summed E-state index contributed by atoms with van der Waals surface area (Å²) in [6.07, 6.45) is 6.55. The third-order valence-electron chi connectivity index (χ3n) is 4.39. The Hall–Kier alpha value is -2.94. The normalized spacial score (nSPS) is 27.1. The molecule has 0 bridgehead atoms. The van der Waals surface area contributed by atoms with E-state index in [1.54, 1.807) is 24.3 Å². The predicted octanol–water partition coefficient (Wildman–Crippen LogP) is 4.63. The van der Waals surface area contributed by atoms with E-state index in [2.05, 4.69) is 0 Å². The number of nitrogens with two attached hydrogens (primary N) is 2. The van der Waals surface area contributed by atoms with E-state index < -0.39 is 72.0 Å². The molecule has 0 aromatic heterocycles. The minimum atomic E-state index is -1.51. The van der Waals surface area contributed by atoms with Gasteiger partial charge in [-0.25, -0.2) is 0 Å². The van der Waals surface area contributed by atoms with Gasteiger partial charge in [-0.05, 0) is 27.8 Å². The van der Waals surface area contributed by atoms with Crippen molar-refractivity contribution >= 4 is 0 Å². The Bertz CT molecular complexity index is 1330. The first kappa shape index (κ1) is 8.63. The number of hydrogen-bond acceptors (Lipinski definition) is 2. The van der Waals surface area contributed by atoms with Crippen molar-refractivity contribution in [2.75, 3.05) is 0 Å². The maximum absolute atomic E-state index is 8.52. The average Bonchev–Trinajstić information content (AvgIpc) is 2.86. The Morgan fingerprint density at radius 1 is 0.808 bits per heavy atom. The lowest BCUT2D eigenvalue weighted by atomic mass is 9.74. The third-order valence-corrected chi connectivity index (χ3v) is 4.39. The third kappa shape index (κ3) is 2.80. The highest BCUT2D eigenvalue weighted by Gasteiger charge is 2.36. The van der Waals surface area contributed by atoms with Crippen LogP contribution in [0.5, 0.6) is 0 Å². The Kier molecular flexibility index (Phi) is 2.24. The Morgan fingerprint density at radius 3 is 1.85 bits per heavy atom. The van der Waals surface area contributed by atoms with Gasteiger partial charge in [0.25, 0.3) is 0 Å². The van der Waals surface area contributed by atoms with Crippen LogP contribution in [0.2, 0.25) is 0 Å². The van der Waals surface area contributed by atoms with E-state index >= 15 is 0 Å². The molecule has 0 saturated carbocycles. The van der Waals surface area contributed by atoms with Gasteiger partial charge in [0.15, 0.2) is 0 Å². The molecule has 3 aromatic rings. The summed E-state index contributed by atoms with van der Waals surface area (Å²) in [6, 6.07) is -1.41. The minimum Gasteiger partial charge on any atom is -0.322 e. The molecule has 1 aliphatic rings. The van der Waals surface area contributed by atoms with E-state index in [0.29, 0.717) is 0 Å². The van der Waals surface area contributed by atoms with Crippen molar-refractivity contribution in [3.05, 3.63) is 108 Å². The lowest BCUT2D eigenvalue weighted by molar-refractivity contribution is 0.495. The van der Waals surface area contributed by atoms with E-state index in [4.69, 9.17) is 25.2 Å². The van der Waals surface area contributed by atoms with E-state index in [-0.39, 0.29) is 27.8 Å². The predicted molar refractivity (Wildman–Crippen MR) is 109 cm³/mol. The summed E-state index contributed by atoms with van der Waals surface area (Å²) >= 11 is 0. The molecule has 0 saturated heterocycles. The monoisotopic (exact) mass is 348 g/mol. The van der Waals surface area contributed by atoms with Gasteiger partial charge in [-0.3, -0.25) is 0 Å². The lowest BCUT2D eigenvalue weighted by Crippen LogP contribution is -2.51. The van der Waals surface area contributed by atoms with Crippen molar-refractivity contribution in [2.24, 2.45) is 11.5 Å². The smallest absolute Gasteiger partial charge is 0.0800 e. The molecule has 4 N–H and O–H groups in total. The highest BCUT2D eigenvalue weighted by atomic mass is 14.9. The summed E-state index contributed by atoms with van der Waals surface area (Å²) in [4.78, 5) is 0. The van der Waals surface area contributed by atoms with Gasteiger partial charge in [-0.1, -0.05) is 103 Å². The topological polar surface area (TPSA) is 52.0 Å². The summed E-state index contributed by atoms with van der Waals surface area (Å²) in [6.45, 7) is 0. The summed E-state index contributed by atoms with van der Waals surface area (Å²) in [5.41, 5.74) is 11.9. The molecule has 3 aromatic carbocycles.